The topological polar surface area (TPSA) is 18.5 Å². The molecule has 0 rings (SSSR count). The van der Waals surface area contributed by atoms with Crippen LogP contribution in [0.1, 0.15) is 84.5 Å². The lowest BCUT2D eigenvalue weighted by atomic mass is 10.1. The predicted octanol–water partition coefficient (Wildman–Crippen LogP) is 5.27. The van der Waals surface area contributed by atoms with Crippen molar-refractivity contribution in [2.24, 2.45) is 0 Å². The first-order valence-electron chi connectivity index (χ1n) is 7.66. The highest BCUT2D eigenvalue weighted by Gasteiger charge is 1.93. The number of rotatable bonds is 14. The average Bonchev–Trinajstić information content (AvgIpc) is 2.35. The molecule has 0 heterocycles. The van der Waals surface area contributed by atoms with Crippen LogP contribution in [0.4, 0.5) is 0 Å². The molecule has 2 heteroatoms. The molecule has 104 valence electrons. The lowest BCUT2D eigenvalue weighted by Crippen LogP contribution is -1.98. The highest BCUT2D eigenvalue weighted by Crippen LogP contribution is 2.08. The zero-order chi connectivity index (χ0) is 12.6. The fraction of sp³-hybridized carbons (Fsp3) is 1.00. The van der Waals surface area contributed by atoms with Crippen LogP contribution >= 0.6 is 0 Å². The zero-order valence-electron chi connectivity index (χ0n) is 12.0. The maximum Gasteiger partial charge on any atom is 0.0822 e. The summed E-state index contributed by atoms with van der Waals surface area (Å²) in [6.45, 7) is 5.98. The Bertz CT molecular complexity index is 112. The van der Waals surface area contributed by atoms with Crippen LogP contribution in [-0.4, -0.2) is 13.2 Å². The number of hydrogen-bond acceptors (Lipinski definition) is 2. The van der Waals surface area contributed by atoms with Crippen molar-refractivity contribution in [1.29, 1.82) is 0 Å². The molecule has 0 aliphatic heterocycles. The number of hydrogen-bond donors (Lipinski definition) is 0. The molecule has 2 nitrogen and oxygen atoms in total. The SMILES string of the molecule is CCCCCCCCCCOOCCCCC. The minimum absolute atomic E-state index is 0.755. The summed E-state index contributed by atoms with van der Waals surface area (Å²) < 4.78 is 0. The van der Waals surface area contributed by atoms with Gasteiger partial charge in [0.1, 0.15) is 0 Å². The molecule has 0 unspecified atom stereocenters. The van der Waals surface area contributed by atoms with E-state index in [4.69, 9.17) is 9.78 Å². The summed E-state index contributed by atoms with van der Waals surface area (Å²) in [4.78, 5) is 10.2. The molecule has 0 atom stereocenters. The van der Waals surface area contributed by atoms with Gasteiger partial charge in [-0.25, -0.2) is 9.78 Å². The summed E-state index contributed by atoms with van der Waals surface area (Å²) in [6.07, 6.45) is 14.3. The first-order valence-corrected chi connectivity index (χ1v) is 7.66. The average molecular weight is 244 g/mol. The van der Waals surface area contributed by atoms with Crippen molar-refractivity contribution in [1.82, 2.24) is 0 Å². The first-order chi connectivity index (χ1) is 8.41. The van der Waals surface area contributed by atoms with Crippen LogP contribution in [-0.2, 0) is 9.78 Å². The van der Waals surface area contributed by atoms with Gasteiger partial charge in [0, 0.05) is 0 Å². The molecule has 0 radical (unpaired) electrons. The third kappa shape index (κ3) is 15.9. The molecule has 0 aromatic carbocycles. The van der Waals surface area contributed by atoms with Gasteiger partial charge in [-0.15, -0.1) is 0 Å². The van der Waals surface area contributed by atoms with Crippen LogP contribution in [0.5, 0.6) is 0 Å². The van der Waals surface area contributed by atoms with Crippen LogP contribution in [0.25, 0.3) is 0 Å². The van der Waals surface area contributed by atoms with E-state index in [1.54, 1.807) is 0 Å². The second-order valence-electron chi connectivity index (χ2n) is 4.83. The quantitative estimate of drug-likeness (QED) is 0.235. The molecule has 0 bridgehead atoms. The lowest BCUT2D eigenvalue weighted by molar-refractivity contribution is -0.295. The maximum absolute atomic E-state index is 5.13. The van der Waals surface area contributed by atoms with Crippen LogP contribution < -0.4 is 0 Å². The van der Waals surface area contributed by atoms with Crippen molar-refractivity contribution in [3.8, 4) is 0 Å². The molecule has 0 aromatic heterocycles. The van der Waals surface area contributed by atoms with E-state index >= 15 is 0 Å². The molecule has 0 spiro atoms. The summed E-state index contributed by atoms with van der Waals surface area (Å²) in [7, 11) is 0. The molecule has 17 heavy (non-hydrogen) atoms. The summed E-state index contributed by atoms with van der Waals surface area (Å²) in [5.74, 6) is 0. The minimum atomic E-state index is 0.755. The fourth-order valence-corrected chi connectivity index (χ4v) is 1.82. The summed E-state index contributed by atoms with van der Waals surface area (Å²) in [5, 5.41) is 0. The Labute approximate surface area is 108 Å². The predicted molar refractivity (Wildman–Crippen MR) is 74.0 cm³/mol. The minimum Gasteiger partial charge on any atom is -0.237 e. The van der Waals surface area contributed by atoms with E-state index < -0.39 is 0 Å². The normalized spacial score (nSPS) is 10.9. The van der Waals surface area contributed by atoms with Crippen molar-refractivity contribution in [3.05, 3.63) is 0 Å². The fourth-order valence-electron chi connectivity index (χ4n) is 1.82. The van der Waals surface area contributed by atoms with Gasteiger partial charge in [0.2, 0.25) is 0 Å². The Morgan fingerprint density at radius 2 is 0.824 bits per heavy atom. The number of unbranched alkanes of at least 4 members (excludes halogenated alkanes) is 9. The molecule has 0 saturated heterocycles. The standard InChI is InChI=1S/C15H32O2/c1-3-5-7-8-9-10-11-13-15-17-16-14-12-6-4-2/h3-15H2,1-2H3. The molecule has 0 aliphatic carbocycles. The van der Waals surface area contributed by atoms with Gasteiger partial charge < -0.3 is 0 Å². The van der Waals surface area contributed by atoms with Crippen molar-refractivity contribution in [3.63, 3.8) is 0 Å². The summed E-state index contributed by atoms with van der Waals surface area (Å²) in [5.41, 5.74) is 0. The van der Waals surface area contributed by atoms with Crippen LogP contribution in [0.3, 0.4) is 0 Å². The molecular weight excluding hydrogens is 212 g/mol. The molecule has 0 N–H and O–H groups in total. The van der Waals surface area contributed by atoms with Gasteiger partial charge >= 0.3 is 0 Å². The van der Waals surface area contributed by atoms with Crippen molar-refractivity contribution in [2.45, 2.75) is 84.5 Å². The van der Waals surface area contributed by atoms with E-state index in [2.05, 4.69) is 13.8 Å². The smallest absolute Gasteiger partial charge is 0.0822 e. The van der Waals surface area contributed by atoms with Gasteiger partial charge in [0.15, 0.2) is 0 Å². The molecule has 0 saturated carbocycles. The first kappa shape index (κ1) is 16.9. The largest absolute Gasteiger partial charge is 0.237 e. The molecule has 0 fully saturated rings. The van der Waals surface area contributed by atoms with Gasteiger partial charge in [-0.1, -0.05) is 71.6 Å². The van der Waals surface area contributed by atoms with E-state index in [-0.39, 0.29) is 0 Å². The molecule has 0 aliphatic rings. The highest BCUT2D eigenvalue weighted by molar-refractivity contribution is 4.45. The highest BCUT2D eigenvalue weighted by atomic mass is 17.2. The third-order valence-corrected chi connectivity index (χ3v) is 3.00. The van der Waals surface area contributed by atoms with Gasteiger partial charge in [-0.3, -0.25) is 0 Å². The Morgan fingerprint density at radius 3 is 1.35 bits per heavy atom. The van der Waals surface area contributed by atoms with Gasteiger partial charge in [-0.05, 0) is 12.8 Å². The summed E-state index contributed by atoms with van der Waals surface area (Å²) >= 11 is 0. The van der Waals surface area contributed by atoms with Gasteiger partial charge in [0.05, 0.1) is 13.2 Å². The molecular formula is C15H32O2. The lowest BCUT2D eigenvalue weighted by Gasteiger charge is -2.04. The second-order valence-corrected chi connectivity index (χ2v) is 4.83. The maximum atomic E-state index is 5.13. The third-order valence-electron chi connectivity index (χ3n) is 3.00. The van der Waals surface area contributed by atoms with Crippen LogP contribution in [0.2, 0.25) is 0 Å². The Kier molecular flexibility index (Phi) is 15.8. The zero-order valence-corrected chi connectivity index (χ0v) is 12.0. The second kappa shape index (κ2) is 15.9. The molecule has 0 amide bonds. The molecule has 0 aromatic rings. The van der Waals surface area contributed by atoms with E-state index in [1.807, 2.05) is 0 Å². The van der Waals surface area contributed by atoms with E-state index in [0.29, 0.717) is 0 Å². The summed E-state index contributed by atoms with van der Waals surface area (Å²) in [6, 6.07) is 0. The Morgan fingerprint density at radius 1 is 0.471 bits per heavy atom. The van der Waals surface area contributed by atoms with Gasteiger partial charge in [-0.2, -0.15) is 0 Å². The Hall–Kier alpha value is -0.0800. The van der Waals surface area contributed by atoms with E-state index in [9.17, 15) is 0 Å². The van der Waals surface area contributed by atoms with Crippen molar-refractivity contribution < 1.29 is 9.78 Å². The van der Waals surface area contributed by atoms with Crippen molar-refractivity contribution in [2.75, 3.05) is 13.2 Å². The van der Waals surface area contributed by atoms with E-state index in [0.717, 1.165) is 26.1 Å². The van der Waals surface area contributed by atoms with Crippen LogP contribution in [0.15, 0.2) is 0 Å². The Balaban J connectivity index is 2.85. The van der Waals surface area contributed by atoms with E-state index in [1.165, 1.54) is 57.8 Å². The van der Waals surface area contributed by atoms with Gasteiger partial charge in [0.25, 0.3) is 0 Å². The van der Waals surface area contributed by atoms with Crippen molar-refractivity contribution >= 4 is 0 Å². The monoisotopic (exact) mass is 244 g/mol. The van der Waals surface area contributed by atoms with Crippen LogP contribution in [0, 0.1) is 0 Å².